The molecule has 0 aromatic carbocycles. The Hall–Kier alpha value is -0.466. The second-order valence-electron chi connectivity index (χ2n) is 10.4. The van der Waals surface area contributed by atoms with E-state index in [1.165, 1.54) is 0 Å². The second-order valence-corrected chi connectivity index (χ2v) is 20.0. The minimum absolute atomic E-state index is 0.0807. The van der Waals surface area contributed by atoms with Crippen molar-refractivity contribution >= 4 is 16.6 Å². The van der Waals surface area contributed by atoms with Gasteiger partial charge in [-0.1, -0.05) is 65.5 Å². The molecule has 0 heterocycles. The third kappa shape index (κ3) is 10.4. The van der Waals surface area contributed by atoms with Crippen LogP contribution < -0.4 is 0 Å². The van der Waals surface area contributed by atoms with E-state index in [9.17, 15) is 5.11 Å². The summed E-state index contributed by atoms with van der Waals surface area (Å²) in [7, 11) is -2.11. The van der Waals surface area contributed by atoms with Gasteiger partial charge in [0.25, 0.3) is 0 Å². The quantitative estimate of drug-likeness (QED) is 0.224. The molecule has 0 unspecified atom stereocenters. The van der Waals surface area contributed by atoms with Crippen LogP contribution in [-0.4, -0.2) is 61.1 Å². The third-order valence-corrected chi connectivity index (χ3v) is 14.9. The lowest BCUT2D eigenvalue weighted by atomic mass is 10.2. The summed E-state index contributed by atoms with van der Waals surface area (Å²) in [6.45, 7) is 22.8. The molecule has 0 saturated heterocycles. The van der Waals surface area contributed by atoms with Gasteiger partial charge >= 0.3 is 0 Å². The number of aliphatic hydroxyl groups excluding tert-OH is 1. The van der Waals surface area contributed by atoms with E-state index in [0.717, 1.165) is 0 Å². The monoisotopic (exact) mass is 444 g/mol. The van der Waals surface area contributed by atoms with Gasteiger partial charge in [-0.2, -0.15) is 0 Å². The zero-order chi connectivity index (χ0) is 22.9. The van der Waals surface area contributed by atoms with Gasteiger partial charge in [0.2, 0.25) is 0 Å². The lowest BCUT2D eigenvalue weighted by molar-refractivity contribution is -0.0816. The number of aliphatic hydroxyl groups is 1. The Morgan fingerprint density at radius 2 is 1.45 bits per heavy atom. The average molecular weight is 445 g/mol. The summed E-state index contributed by atoms with van der Waals surface area (Å²) in [5.74, 6) is 5.77. The fraction of sp³-hybridized carbons (Fsp3) is 0.818. The molecule has 0 aliphatic rings. The largest absolute Gasteiger partial charge is 0.413 e. The predicted molar refractivity (Wildman–Crippen MR) is 126 cm³/mol. The van der Waals surface area contributed by atoms with Crippen LogP contribution in [0, 0.1) is 11.8 Å². The Bertz CT molecular complexity index is 562. The summed E-state index contributed by atoms with van der Waals surface area (Å²) in [5, 5.41) is 10.7. The summed E-state index contributed by atoms with van der Waals surface area (Å²) in [6.07, 6.45) is 2.13. The molecular formula is C22H44O5Si2. The van der Waals surface area contributed by atoms with E-state index in [2.05, 4.69) is 79.6 Å². The van der Waals surface area contributed by atoms with Crippen LogP contribution in [0.3, 0.4) is 0 Å². The third-order valence-electron chi connectivity index (χ3n) is 5.92. The van der Waals surface area contributed by atoms with Crippen molar-refractivity contribution in [3.05, 3.63) is 12.2 Å². The van der Waals surface area contributed by atoms with Crippen LogP contribution in [0.25, 0.3) is 0 Å². The lowest BCUT2D eigenvalue weighted by Gasteiger charge is -2.35. The van der Waals surface area contributed by atoms with Crippen LogP contribution in [0.5, 0.6) is 0 Å². The van der Waals surface area contributed by atoms with Gasteiger partial charge in [0.05, 0.1) is 13.2 Å². The Morgan fingerprint density at radius 3 is 1.93 bits per heavy atom. The van der Waals surface area contributed by atoms with Crippen LogP contribution in [0.2, 0.25) is 36.3 Å². The normalized spacial score (nSPS) is 15.9. The molecule has 1 N–H and O–H groups in total. The SMILES string of the molecule is COCO[C@H](/C=C/CO[Si](C)(C)C(C)(C)C)[C@@H](O)C#CCO[Si](C)(C)C(C)(C)C. The van der Waals surface area contributed by atoms with E-state index < -0.39 is 28.8 Å². The van der Waals surface area contributed by atoms with Crippen molar-refractivity contribution in [3.63, 3.8) is 0 Å². The topological polar surface area (TPSA) is 57.2 Å². The molecule has 2 atom stereocenters. The molecule has 5 nitrogen and oxygen atoms in total. The number of rotatable bonds is 10. The van der Waals surface area contributed by atoms with Crippen LogP contribution in [0.4, 0.5) is 0 Å². The second kappa shape index (κ2) is 11.8. The van der Waals surface area contributed by atoms with E-state index in [0.29, 0.717) is 13.2 Å². The number of hydrogen-bond donors (Lipinski definition) is 1. The highest BCUT2D eigenvalue weighted by molar-refractivity contribution is 6.74. The van der Waals surface area contributed by atoms with Gasteiger partial charge < -0.3 is 23.4 Å². The zero-order valence-electron chi connectivity index (χ0n) is 20.5. The van der Waals surface area contributed by atoms with E-state index in [1.54, 1.807) is 13.2 Å². The van der Waals surface area contributed by atoms with Crippen LogP contribution in [0.15, 0.2) is 12.2 Å². The van der Waals surface area contributed by atoms with E-state index in [-0.39, 0.29) is 16.9 Å². The number of hydrogen-bond acceptors (Lipinski definition) is 5. The van der Waals surface area contributed by atoms with Crippen molar-refractivity contribution in [1.82, 2.24) is 0 Å². The van der Waals surface area contributed by atoms with E-state index >= 15 is 0 Å². The Kier molecular flexibility index (Phi) is 11.6. The minimum Gasteiger partial charge on any atom is -0.413 e. The minimum atomic E-state index is -1.85. The number of ether oxygens (including phenoxy) is 2. The molecule has 170 valence electrons. The smallest absolute Gasteiger partial charge is 0.193 e. The van der Waals surface area contributed by atoms with E-state index in [1.807, 2.05) is 6.08 Å². The molecule has 0 radical (unpaired) electrons. The first-order chi connectivity index (χ1) is 13.0. The lowest BCUT2D eigenvalue weighted by Crippen LogP contribution is -2.40. The Balaban J connectivity index is 4.86. The van der Waals surface area contributed by atoms with Crippen molar-refractivity contribution < 1.29 is 23.4 Å². The van der Waals surface area contributed by atoms with Crippen molar-refractivity contribution in [2.75, 3.05) is 27.1 Å². The van der Waals surface area contributed by atoms with Crippen molar-refractivity contribution in [1.29, 1.82) is 0 Å². The first-order valence-electron chi connectivity index (χ1n) is 10.3. The summed E-state index contributed by atoms with van der Waals surface area (Å²) < 4.78 is 22.7. The standard InChI is InChI=1S/C22H44O5Si2/c1-21(2,3)28(8,9)26-16-12-14-19(23)20(25-18-24-7)15-13-17-27-29(10,11)22(4,5)6/h13,15,19-20,23H,16-18H2,1-11H3/b15-13+/t19-,20+/m0/s1. The Morgan fingerprint density at radius 1 is 0.931 bits per heavy atom. The van der Waals surface area contributed by atoms with Gasteiger partial charge in [-0.25, -0.2) is 0 Å². The zero-order valence-corrected chi connectivity index (χ0v) is 22.5. The molecule has 0 aliphatic carbocycles. The van der Waals surface area contributed by atoms with Gasteiger partial charge in [0.15, 0.2) is 16.6 Å². The van der Waals surface area contributed by atoms with Crippen molar-refractivity contribution in [3.8, 4) is 11.8 Å². The molecule has 0 fully saturated rings. The van der Waals surface area contributed by atoms with Crippen molar-refractivity contribution in [2.24, 2.45) is 0 Å². The summed E-state index contributed by atoms with van der Waals surface area (Å²) in [5.41, 5.74) is 0. The van der Waals surface area contributed by atoms with Gasteiger partial charge in [-0.3, -0.25) is 0 Å². The fourth-order valence-corrected chi connectivity index (χ4v) is 3.53. The molecule has 0 aromatic heterocycles. The van der Waals surface area contributed by atoms with Gasteiger partial charge in [-0.15, -0.1) is 0 Å². The van der Waals surface area contributed by atoms with E-state index in [4.69, 9.17) is 18.3 Å². The molecule has 0 bridgehead atoms. The van der Waals surface area contributed by atoms with Crippen molar-refractivity contribution in [2.45, 2.75) is 90.0 Å². The highest BCUT2D eigenvalue weighted by Crippen LogP contribution is 2.37. The molecule has 7 heteroatoms. The highest BCUT2D eigenvalue weighted by Gasteiger charge is 2.37. The summed E-state index contributed by atoms with van der Waals surface area (Å²) >= 11 is 0. The highest BCUT2D eigenvalue weighted by atomic mass is 28.4. The predicted octanol–water partition coefficient (Wildman–Crippen LogP) is 4.94. The first kappa shape index (κ1) is 28.5. The Labute approximate surface area is 181 Å². The molecule has 0 spiro atoms. The first-order valence-corrected chi connectivity index (χ1v) is 16.1. The van der Waals surface area contributed by atoms with Crippen LogP contribution in [-0.2, 0) is 18.3 Å². The summed E-state index contributed by atoms with van der Waals surface area (Å²) in [6, 6.07) is 0. The number of methoxy groups -OCH3 is 1. The molecule has 0 aliphatic heterocycles. The maximum Gasteiger partial charge on any atom is 0.193 e. The maximum atomic E-state index is 10.4. The molecule has 0 rings (SSSR count). The molecule has 0 amide bonds. The van der Waals surface area contributed by atoms with Crippen LogP contribution >= 0.6 is 0 Å². The fourth-order valence-electron chi connectivity index (χ4n) is 1.72. The molecule has 29 heavy (non-hydrogen) atoms. The average Bonchev–Trinajstić information content (AvgIpc) is 2.55. The molecule has 0 aromatic rings. The molecule has 0 saturated carbocycles. The molecular weight excluding hydrogens is 400 g/mol. The van der Waals surface area contributed by atoms with Gasteiger partial charge in [-0.05, 0) is 36.3 Å². The summed E-state index contributed by atoms with van der Waals surface area (Å²) in [4.78, 5) is 0. The van der Waals surface area contributed by atoms with Gasteiger partial charge in [0.1, 0.15) is 19.0 Å². The van der Waals surface area contributed by atoms with Gasteiger partial charge in [0, 0.05) is 7.11 Å². The maximum absolute atomic E-state index is 10.4. The van der Waals surface area contributed by atoms with Crippen LogP contribution in [0.1, 0.15) is 41.5 Å².